The zero-order valence-electron chi connectivity index (χ0n) is 10.3. The summed E-state index contributed by atoms with van der Waals surface area (Å²) in [4.78, 5) is 4.30. The predicted molar refractivity (Wildman–Crippen MR) is 69.3 cm³/mol. The van der Waals surface area contributed by atoms with Crippen LogP contribution in [-0.2, 0) is 6.42 Å². The summed E-state index contributed by atoms with van der Waals surface area (Å²) in [6.45, 7) is 4.41. The third-order valence-corrected chi connectivity index (χ3v) is 2.41. The second-order valence-electron chi connectivity index (χ2n) is 4.52. The quantitative estimate of drug-likeness (QED) is 0.785. The van der Waals surface area contributed by atoms with E-state index >= 15 is 0 Å². The largest absolute Gasteiger partial charge is 0.439 e. The van der Waals surface area contributed by atoms with Crippen LogP contribution in [0.5, 0.6) is 11.6 Å². The fourth-order valence-corrected chi connectivity index (χ4v) is 1.67. The van der Waals surface area contributed by atoms with Crippen molar-refractivity contribution in [2.75, 3.05) is 0 Å². The molecule has 88 valence electrons. The van der Waals surface area contributed by atoms with Gasteiger partial charge in [0.1, 0.15) is 5.75 Å². The highest BCUT2D eigenvalue weighted by molar-refractivity contribution is 5.27. The van der Waals surface area contributed by atoms with Crippen LogP contribution >= 0.6 is 0 Å². The Hall–Kier alpha value is -1.83. The first-order chi connectivity index (χ1) is 8.24. The Morgan fingerprint density at radius 1 is 1.06 bits per heavy atom. The lowest BCUT2D eigenvalue weighted by Gasteiger charge is -2.07. The van der Waals surface area contributed by atoms with Gasteiger partial charge in [-0.2, -0.15) is 0 Å². The number of para-hydroxylation sites is 1. The Morgan fingerprint density at radius 3 is 2.41 bits per heavy atom. The zero-order valence-corrected chi connectivity index (χ0v) is 10.3. The SMILES string of the molecule is CC(C)Cc1ccc(Oc2ccccc2)nc1. The zero-order chi connectivity index (χ0) is 12.1. The molecule has 17 heavy (non-hydrogen) atoms. The molecular weight excluding hydrogens is 210 g/mol. The second kappa shape index (κ2) is 5.48. The van der Waals surface area contributed by atoms with Gasteiger partial charge in [0.2, 0.25) is 5.88 Å². The molecule has 0 N–H and O–H groups in total. The van der Waals surface area contributed by atoms with Crippen molar-refractivity contribution in [1.29, 1.82) is 0 Å². The van der Waals surface area contributed by atoms with Crippen molar-refractivity contribution in [3.63, 3.8) is 0 Å². The third kappa shape index (κ3) is 3.59. The highest BCUT2D eigenvalue weighted by Gasteiger charge is 2.00. The van der Waals surface area contributed by atoms with E-state index in [0.717, 1.165) is 12.2 Å². The van der Waals surface area contributed by atoms with Gasteiger partial charge in [0.25, 0.3) is 0 Å². The van der Waals surface area contributed by atoms with Gasteiger partial charge in [0, 0.05) is 12.3 Å². The summed E-state index contributed by atoms with van der Waals surface area (Å²) in [6, 6.07) is 13.7. The first kappa shape index (κ1) is 11.6. The third-order valence-electron chi connectivity index (χ3n) is 2.41. The smallest absolute Gasteiger partial charge is 0.219 e. The normalized spacial score (nSPS) is 10.5. The van der Waals surface area contributed by atoms with E-state index in [1.807, 2.05) is 42.6 Å². The maximum atomic E-state index is 5.63. The van der Waals surface area contributed by atoms with Crippen LogP contribution in [0, 0.1) is 5.92 Å². The van der Waals surface area contributed by atoms with E-state index in [-0.39, 0.29) is 0 Å². The van der Waals surface area contributed by atoms with Crippen LogP contribution in [0.2, 0.25) is 0 Å². The number of benzene rings is 1. The molecular formula is C15H17NO. The molecule has 2 aromatic rings. The molecule has 1 heterocycles. The van der Waals surface area contributed by atoms with Crippen molar-refractivity contribution in [2.24, 2.45) is 5.92 Å². The molecule has 1 aromatic carbocycles. The van der Waals surface area contributed by atoms with Crippen molar-refractivity contribution in [2.45, 2.75) is 20.3 Å². The maximum Gasteiger partial charge on any atom is 0.219 e. The van der Waals surface area contributed by atoms with Gasteiger partial charge in [-0.15, -0.1) is 0 Å². The summed E-state index contributed by atoms with van der Waals surface area (Å²) in [7, 11) is 0. The Labute approximate surface area is 102 Å². The number of rotatable bonds is 4. The minimum Gasteiger partial charge on any atom is -0.439 e. The molecule has 0 saturated heterocycles. The summed E-state index contributed by atoms with van der Waals surface area (Å²) in [5, 5.41) is 0. The number of hydrogen-bond donors (Lipinski definition) is 0. The first-order valence-corrected chi connectivity index (χ1v) is 5.92. The molecule has 0 bridgehead atoms. The van der Waals surface area contributed by atoms with Crippen molar-refractivity contribution in [1.82, 2.24) is 4.98 Å². The van der Waals surface area contributed by atoms with Crippen LogP contribution in [0.3, 0.4) is 0 Å². The molecule has 0 spiro atoms. The fourth-order valence-electron chi connectivity index (χ4n) is 1.67. The van der Waals surface area contributed by atoms with Crippen LogP contribution in [0.4, 0.5) is 0 Å². The van der Waals surface area contributed by atoms with E-state index in [1.54, 1.807) is 0 Å². The number of nitrogens with zero attached hydrogens (tertiary/aromatic N) is 1. The number of ether oxygens (including phenoxy) is 1. The molecule has 0 saturated carbocycles. The van der Waals surface area contributed by atoms with Gasteiger partial charge in [0.05, 0.1) is 0 Å². The van der Waals surface area contributed by atoms with E-state index in [0.29, 0.717) is 11.8 Å². The van der Waals surface area contributed by atoms with Crippen LogP contribution < -0.4 is 4.74 Å². The first-order valence-electron chi connectivity index (χ1n) is 5.92. The van der Waals surface area contributed by atoms with Gasteiger partial charge in [-0.05, 0) is 30.0 Å². The molecule has 1 aromatic heterocycles. The summed E-state index contributed by atoms with van der Waals surface area (Å²) >= 11 is 0. The molecule has 0 fully saturated rings. The van der Waals surface area contributed by atoms with Gasteiger partial charge < -0.3 is 4.74 Å². The Balaban J connectivity index is 2.03. The van der Waals surface area contributed by atoms with Crippen LogP contribution in [0.15, 0.2) is 48.7 Å². The van der Waals surface area contributed by atoms with Crippen molar-refractivity contribution >= 4 is 0 Å². The van der Waals surface area contributed by atoms with Crippen LogP contribution in [0.1, 0.15) is 19.4 Å². The molecule has 0 radical (unpaired) electrons. The van der Waals surface area contributed by atoms with Gasteiger partial charge in [-0.25, -0.2) is 4.98 Å². The topological polar surface area (TPSA) is 22.1 Å². The number of hydrogen-bond acceptors (Lipinski definition) is 2. The lowest BCUT2D eigenvalue weighted by molar-refractivity contribution is 0.462. The van der Waals surface area contributed by atoms with E-state index < -0.39 is 0 Å². The van der Waals surface area contributed by atoms with Gasteiger partial charge in [0.15, 0.2) is 0 Å². The lowest BCUT2D eigenvalue weighted by Crippen LogP contribution is -1.95. The molecule has 2 heteroatoms. The van der Waals surface area contributed by atoms with E-state index in [4.69, 9.17) is 4.74 Å². The average Bonchev–Trinajstić information content (AvgIpc) is 2.32. The molecule has 0 amide bonds. The van der Waals surface area contributed by atoms with E-state index in [9.17, 15) is 0 Å². The minimum absolute atomic E-state index is 0.642. The standard InChI is InChI=1S/C15H17NO/c1-12(2)10-13-8-9-15(16-11-13)17-14-6-4-3-5-7-14/h3-9,11-12H,10H2,1-2H3. The summed E-state index contributed by atoms with van der Waals surface area (Å²) in [6.07, 6.45) is 2.94. The molecule has 0 aliphatic heterocycles. The molecule has 0 unspecified atom stereocenters. The van der Waals surface area contributed by atoms with Gasteiger partial charge >= 0.3 is 0 Å². The Kier molecular flexibility index (Phi) is 3.76. The molecule has 0 aliphatic rings. The number of aromatic nitrogens is 1. The van der Waals surface area contributed by atoms with Gasteiger partial charge in [-0.1, -0.05) is 38.1 Å². The molecule has 2 nitrogen and oxygen atoms in total. The monoisotopic (exact) mass is 227 g/mol. The van der Waals surface area contributed by atoms with Crippen LogP contribution in [-0.4, -0.2) is 4.98 Å². The maximum absolute atomic E-state index is 5.63. The average molecular weight is 227 g/mol. The van der Waals surface area contributed by atoms with E-state index in [2.05, 4.69) is 24.9 Å². The van der Waals surface area contributed by atoms with Crippen molar-refractivity contribution in [3.8, 4) is 11.6 Å². The van der Waals surface area contributed by atoms with E-state index in [1.165, 1.54) is 5.56 Å². The highest BCUT2D eigenvalue weighted by Crippen LogP contribution is 2.19. The minimum atomic E-state index is 0.642. The molecule has 0 atom stereocenters. The summed E-state index contributed by atoms with van der Waals surface area (Å²) in [5.41, 5.74) is 1.25. The van der Waals surface area contributed by atoms with Gasteiger partial charge in [-0.3, -0.25) is 0 Å². The fraction of sp³-hybridized carbons (Fsp3) is 0.267. The predicted octanol–water partition coefficient (Wildman–Crippen LogP) is 4.07. The number of pyridine rings is 1. The molecule has 2 rings (SSSR count). The van der Waals surface area contributed by atoms with Crippen LogP contribution in [0.25, 0.3) is 0 Å². The summed E-state index contributed by atoms with van der Waals surface area (Å²) < 4.78 is 5.63. The van der Waals surface area contributed by atoms with Crippen molar-refractivity contribution in [3.05, 3.63) is 54.2 Å². The Bertz CT molecular complexity index is 448. The summed E-state index contributed by atoms with van der Waals surface area (Å²) in [5.74, 6) is 2.11. The second-order valence-corrected chi connectivity index (χ2v) is 4.52. The highest BCUT2D eigenvalue weighted by atomic mass is 16.5. The molecule has 0 aliphatic carbocycles. The lowest BCUT2D eigenvalue weighted by atomic mass is 10.1. The van der Waals surface area contributed by atoms with Crippen molar-refractivity contribution < 1.29 is 4.74 Å². The Morgan fingerprint density at radius 2 is 1.82 bits per heavy atom.